The van der Waals surface area contributed by atoms with Crippen LogP contribution in [0.1, 0.15) is 400 Å². The Balaban J connectivity index is 1.05. The van der Waals surface area contributed by atoms with E-state index in [9.17, 15) is 0 Å². The van der Waals surface area contributed by atoms with Crippen molar-refractivity contribution in [2.45, 2.75) is 406 Å². The minimum atomic E-state index is -0.474. The van der Waals surface area contributed by atoms with Crippen LogP contribution in [0.2, 0.25) is 0 Å². The van der Waals surface area contributed by atoms with Crippen LogP contribution in [-0.2, 0) is 29.4 Å². The predicted octanol–water partition coefficient (Wildman–Crippen LogP) is 33.0. The topological polar surface area (TPSA) is 43.4 Å². The van der Waals surface area contributed by atoms with Crippen molar-refractivity contribution in [3.8, 4) is 33.4 Å². The fourth-order valence-electron chi connectivity index (χ4n) is 20.7. The lowest BCUT2D eigenvalue weighted by Crippen LogP contribution is -2.41. The number of hydrogen-bond acceptors (Lipinski definition) is 6. The average Bonchev–Trinajstić information content (AvgIpc) is 1.56. The maximum atomic E-state index is 6.83. The van der Waals surface area contributed by atoms with Crippen molar-refractivity contribution < 1.29 is 18.6 Å². The summed E-state index contributed by atoms with van der Waals surface area (Å²) in [6.07, 6.45) is 53.2. The normalized spacial score (nSPS) is 16.2. The molecule has 2 aliphatic heterocycles. The number of unbranched alkanes of at least 4 members (excludes halogenated alkanes) is 30. The summed E-state index contributed by atoms with van der Waals surface area (Å²) in [5.74, 6) is 0.478. The van der Waals surface area contributed by atoms with Gasteiger partial charge < -0.3 is 28.4 Å². The molecular weight excluding hydrogens is 1450 g/mol. The van der Waals surface area contributed by atoms with E-state index in [2.05, 4.69) is 283 Å². The van der Waals surface area contributed by atoms with Crippen molar-refractivity contribution in [3.05, 3.63) is 204 Å². The summed E-state index contributed by atoms with van der Waals surface area (Å²) in [5.41, 5.74) is 22.8. The van der Waals surface area contributed by atoms with Crippen molar-refractivity contribution >= 4 is 59.3 Å². The summed E-state index contributed by atoms with van der Waals surface area (Å²) in [5, 5.41) is 0. The number of benzene rings is 8. The van der Waals surface area contributed by atoms with Gasteiger partial charge in [-0.15, -0.1) is 0 Å². The average molecular weight is 1600 g/mol. The minimum Gasteiger partial charge on any atom is -0.399 e. The van der Waals surface area contributed by atoms with E-state index in [1.807, 2.05) is 0 Å². The standard InChI is InChI=1S/C111H156B2N2O4/c1-15-21-27-33-39-45-58-86(59-46-40-34-28-22-16-2)93-60-47-48-61-94(93)97-62-50-52-66-103(97)114(89-72-68-87(69-73-89)112-116-106(7,8)107(9,10)117-112)91-76-78-95-96-79-77-92(85-102(96)111(101(95)84-91,82-55-43-37-31-25-19-5)83-56-44-38-32-26-20-6)115(90-74-70-88(71-75-90)113-118-108(11,12)109(13,14)119-113)104-67-57-65-100-105(104)98-63-49-51-64-99(98)110(100,80-53-41-35-29-23-17-3)81-54-42-36-30-24-18-4/h47-52,57,60-79,84-86H,15-46,53-56,58-59,80-83H2,1-14H3. The Morgan fingerprint density at radius 1 is 0.261 bits per heavy atom. The van der Waals surface area contributed by atoms with Crippen LogP contribution >= 0.6 is 0 Å². The van der Waals surface area contributed by atoms with Gasteiger partial charge in [0, 0.05) is 44.7 Å². The van der Waals surface area contributed by atoms with E-state index in [0.717, 1.165) is 35.1 Å². The van der Waals surface area contributed by atoms with E-state index in [1.54, 1.807) is 0 Å². The SMILES string of the molecule is CCCCCCCCC(CCCCCCCC)c1ccccc1-c1ccccc1N(c1ccc(B2OC(C)(C)C(C)(C)O2)cc1)c1ccc2c(c1)C(CCCCCCCC)(CCCCCCCC)c1cc(N(c3ccc(B4OC(C)(C)C(C)(C)O4)cc3)c3cccc4c3-c3ccccc3C4(CCCCCCCC)CCCCCCCC)ccc1-2. The van der Waals surface area contributed by atoms with Crippen LogP contribution < -0.4 is 20.7 Å². The summed E-state index contributed by atoms with van der Waals surface area (Å²) in [4.78, 5) is 5.34. The monoisotopic (exact) mass is 1600 g/mol. The van der Waals surface area contributed by atoms with Gasteiger partial charge in [-0.1, -0.05) is 388 Å². The first-order valence-electron chi connectivity index (χ1n) is 49.0. The molecule has 12 rings (SSSR count). The summed E-state index contributed by atoms with van der Waals surface area (Å²) in [6, 6.07) is 70.5. The van der Waals surface area contributed by atoms with E-state index in [4.69, 9.17) is 18.6 Å². The Bertz CT molecular complexity index is 4340. The van der Waals surface area contributed by atoms with Crippen molar-refractivity contribution in [1.29, 1.82) is 0 Å². The first kappa shape index (κ1) is 91.5. The zero-order valence-electron chi connectivity index (χ0n) is 77.2. The van der Waals surface area contributed by atoms with E-state index < -0.39 is 36.6 Å². The van der Waals surface area contributed by atoms with Gasteiger partial charge in [0.15, 0.2) is 0 Å². The lowest BCUT2D eigenvalue weighted by atomic mass is 9.70. The summed E-state index contributed by atoms with van der Waals surface area (Å²) >= 11 is 0. The molecule has 0 radical (unpaired) electrons. The molecule has 0 amide bonds. The van der Waals surface area contributed by atoms with E-state index in [1.165, 1.54) is 341 Å². The molecule has 0 unspecified atom stereocenters. The van der Waals surface area contributed by atoms with Gasteiger partial charge in [-0.2, -0.15) is 0 Å². The predicted molar refractivity (Wildman–Crippen MR) is 516 cm³/mol. The van der Waals surface area contributed by atoms with Crippen LogP contribution in [0.5, 0.6) is 0 Å². The van der Waals surface area contributed by atoms with Crippen molar-refractivity contribution in [2.24, 2.45) is 0 Å². The van der Waals surface area contributed by atoms with Crippen LogP contribution in [0.15, 0.2) is 176 Å². The van der Waals surface area contributed by atoms with Gasteiger partial charge in [0.2, 0.25) is 0 Å². The van der Waals surface area contributed by atoms with E-state index in [-0.39, 0.29) is 10.8 Å². The molecule has 4 aliphatic rings. The molecule has 2 aliphatic carbocycles. The van der Waals surface area contributed by atoms with E-state index in [0.29, 0.717) is 5.92 Å². The van der Waals surface area contributed by atoms with Crippen molar-refractivity contribution in [2.75, 3.05) is 9.80 Å². The molecular formula is C111H156B2N2O4. The molecule has 2 heterocycles. The molecule has 2 fully saturated rings. The van der Waals surface area contributed by atoms with Crippen LogP contribution in [0.25, 0.3) is 33.4 Å². The Labute approximate surface area is 726 Å². The molecule has 8 aromatic rings. The van der Waals surface area contributed by atoms with Crippen molar-refractivity contribution in [1.82, 2.24) is 0 Å². The highest BCUT2D eigenvalue weighted by molar-refractivity contribution is 6.62. The molecule has 640 valence electrons. The Kier molecular flexibility index (Phi) is 33.5. The highest BCUT2D eigenvalue weighted by Gasteiger charge is 2.54. The molecule has 6 nitrogen and oxygen atoms in total. The number of fused-ring (bicyclic) bond motifs is 6. The van der Waals surface area contributed by atoms with Gasteiger partial charge >= 0.3 is 14.2 Å². The van der Waals surface area contributed by atoms with Crippen LogP contribution in [0, 0.1) is 0 Å². The molecule has 0 aromatic heterocycles. The smallest absolute Gasteiger partial charge is 0.399 e. The lowest BCUT2D eigenvalue weighted by molar-refractivity contribution is 0.00578. The van der Waals surface area contributed by atoms with Gasteiger partial charge in [-0.25, -0.2) is 0 Å². The molecule has 8 aromatic carbocycles. The molecule has 8 heteroatoms. The van der Waals surface area contributed by atoms with Gasteiger partial charge in [0.25, 0.3) is 0 Å². The van der Waals surface area contributed by atoms with Gasteiger partial charge in [-0.3, -0.25) is 0 Å². The minimum absolute atomic E-state index is 0.0830. The third kappa shape index (κ3) is 21.6. The third-order valence-corrected chi connectivity index (χ3v) is 29.2. The first-order valence-corrected chi connectivity index (χ1v) is 49.0. The van der Waals surface area contributed by atoms with Gasteiger partial charge in [0.1, 0.15) is 0 Å². The van der Waals surface area contributed by atoms with Crippen LogP contribution in [0.3, 0.4) is 0 Å². The quantitative estimate of drug-likeness (QED) is 0.0280. The zero-order chi connectivity index (χ0) is 83.9. The molecule has 2 saturated heterocycles. The van der Waals surface area contributed by atoms with Crippen LogP contribution in [0.4, 0.5) is 34.1 Å². The highest BCUT2D eigenvalue weighted by atomic mass is 16.7. The number of nitrogens with zero attached hydrogens (tertiary/aromatic N) is 2. The third-order valence-electron chi connectivity index (χ3n) is 29.2. The second-order valence-corrected chi connectivity index (χ2v) is 38.9. The molecule has 0 spiro atoms. The zero-order valence-corrected chi connectivity index (χ0v) is 77.2. The van der Waals surface area contributed by atoms with Gasteiger partial charge in [-0.05, 0) is 221 Å². The maximum absolute atomic E-state index is 6.83. The fourth-order valence-corrected chi connectivity index (χ4v) is 20.7. The Morgan fingerprint density at radius 3 is 0.983 bits per heavy atom. The summed E-state index contributed by atoms with van der Waals surface area (Å²) in [7, 11) is -0.945. The first-order chi connectivity index (χ1) is 57.8. The summed E-state index contributed by atoms with van der Waals surface area (Å²) in [6.45, 7) is 31.4. The number of anilines is 6. The lowest BCUT2D eigenvalue weighted by Gasteiger charge is -2.36. The largest absolute Gasteiger partial charge is 0.494 e. The molecule has 0 N–H and O–H groups in total. The van der Waals surface area contributed by atoms with Crippen molar-refractivity contribution in [3.63, 3.8) is 0 Å². The second-order valence-electron chi connectivity index (χ2n) is 38.9. The molecule has 0 bridgehead atoms. The molecule has 0 saturated carbocycles. The molecule has 119 heavy (non-hydrogen) atoms. The summed E-state index contributed by atoms with van der Waals surface area (Å²) < 4.78 is 27.3. The number of rotatable bonds is 52. The number of para-hydroxylation sites is 1. The fraction of sp³-hybridized carbons (Fsp3) is 0.568. The Morgan fingerprint density at radius 2 is 0.571 bits per heavy atom. The van der Waals surface area contributed by atoms with Gasteiger partial charge in [0.05, 0.1) is 33.8 Å². The number of hydrogen-bond donors (Lipinski definition) is 0. The second kappa shape index (κ2) is 43.6. The maximum Gasteiger partial charge on any atom is 0.494 e. The van der Waals surface area contributed by atoms with Crippen LogP contribution in [-0.4, -0.2) is 36.6 Å². The molecule has 0 atom stereocenters. The Hall–Kier alpha value is -6.67. The van der Waals surface area contributed by atoms with E-state index >= 15 is 0 Å². The highest BCUT2D eigenvalue weighted by Crippen LogP contribution is 2.61.